The minimum atomic E-state index is -1.22. The third kappa shape index (κ3) is 4.17. The molecule has 1 aliphatic heterocycles. The average Bonchev–Trinajstić information content (AvgIpc) is 3.14. The van der Waals surface area contributed by atoms with Gasteiger partial charge in [-0.15, -0.1) is 0 Å². The van der Waals surface area contributed by atoms with Crippen LogP contribution in [0.3, 0.4) is 0 Å². The molecule has 2 atom stereocenters. The van der Waals surface area contributed by atoms with E-state index in [1.54, 1.807) is 0 Å². The van der Waals surface area contributed by atoms with E-state index >= 15 is 0 Å². The molecule has 0 radical (unpaired) electrons. The van der Waals surface area contributed by atoms with Crippen LogP contribution in [0.5, 0.6) is 0 Å². The zero-order chi connectivity index (χ0) is 20.7. The van der Waals surface area contributed by atoms with Crippen molar-refractivity contribution in [3.8, 4) is 24.0 Å². The van der Waals surface area contributed by atoms with Crippen LogP contribution >= 0.6 is 0 Å². The highest BCUT2D eigenvalue weighted by molar-refractivity contribution is 5.66. The third-order valence-corrected chi connectivity index (χ3v) is 6.43. The van der Waals surface area contributed by atoms with Gasteiger partial charge >= 0.3 is 5.97 Å². The molecule has 0 amide bonds. The summed E-state index contributed by atoms with van der Waals surface area (Å²) >= 11 is 0. The Morgan fingerprint density at radius 2 is 1.86 bits per heavy atom. The van der Waals surface area contributed by atoms with Crippen molar-refractivity contribution in [2.45, 2.75) is 71.5 Å². The Balaban J connectivity index is 2.33. The Morgan fingerprint density at radius 3 is 2.39 bits per heavy atom. The van der Waals surface area contributed by atoms with Crippen molar-refractivity contribution in [2.75, 3.05) is 19.8 Å². The molecule has 1 saturated heterocycles. The van der Waals surface area contributed by atoms with Crippen molar-refractivity contribution >= 4 is 5.97 Å². The zero-order valence-electron chi connectivity index (χ0n) is 17.2. The smallest absolute Gasteiger partial charge is 0.303 e. The van der Waals surface area contributed by atoms with Crippen LogP contribution in [0.15, 0.2) is 0 Å². The highest BCUT2D eigenvalue weighted by Crippen LogP contribution is 2.60. The Hall–Kier alpha value is -2.07. The van der Waals surface area contributed by atoms with Gasteiger partial charge in [0.05, 0.1) is 25.4 Å². The molecule has 6 heteroatoms. The molecule has 2 rings (SSSR count). The summed E-state index contributed by atoms with van der Waals surface area (Å²) < 4.78 is 16.7. The minimum Gasteiger partial charge on any atom is -0.453 e. The van der Waals surface area contributed by atoms with Crippen LogP contribution in [-0.2, 0) is 19.0 Å². The first-order valence-corrected chi connectivity index (χ1v) is 10.1. The molecule has 2 fully saturated rings. The molecule has 28 heavy (non-hydrogen) atoms. The molecule has 1 heterocycles. The quantitative estimate of drug-likeness (QED) is 0.510. The van der Waals surface area contributed by atoms with Gasteiger partial charge in [-0.05, 0) is 25.2 Å². The first-order chi connectivity index (χ1) is 13.4. The summed E-state index contributed by atoms with van der Waals surface area (Å²) in [4.78, 5) is 10.9. The summed E-state index contributed by atoms with van der Waals surface area (Å²) in [5.41, 5.74) is -1.69. The van der Waals surface area contributed by atoms with Gasteiger partial charge in [0.15, 0.2) is 17.8 Å². The van der Waals surface area contributed by atoms with Crippen LogP contribution in [0, 0.1) is 51.3 Å². The van der Waals surface area contributed by atoms with Gasteiger partial charge in [-0.2, -0.15) is 10.5 Å². The van der Waals surface area contributed by atoms with E-state index < -0.39 is 22.6 Å². The topological polar surface area (TPSA) is 92.3 Å². The molecule has 1 spiro atoms. The summed E-state index contributed by atoms with van der Waals surface area (Å²) in [6.45, 7) is 6.68. The predicted octanol–water partition coefficient (Wildman–Crippen LogP) is 3.72. The fourth-order valence-electron chi connectivity index (χ4n) is 4.99. The van der Waals surface area contributed by atoms with Crippen molar-refractivity contribution < 1.29 is 19.0 Å². The predicted molar refractivity (Wildman–Crippen MR) is 102 cm³/mol. The maximum atomic E-state index is 10.9. The lowest BCUT2D eigenvalue weighted by atomic mass is 9.49. The second-order valence-electron chi connectivity index (χ2n) is 7.75. The monoisotopic (exact) mass is 386 g/mol. The van der Waals surface area contributed by atoms with Gasteiger partial charge in [-0.3, -0.25) is 4.79 Å². The van der Waals surface area contributed by atoms with E-state index in [2.05, 4.69) is 37.8 Å². The minimum absolute atomic E-state index is 0.0232. The van der Waals surface area contributed by atoms with Crippen LogP contribution in [0.25, 0.3) is 0 Å². The summed E-state index contributed by atoms with van der Waals surface area (Å²) in [5, 5.41) is 20.2. The van der Waals surface area contributed by atoms with E-state index in [0.717, 1.165) is 19.3 Å². The second kappa shape index (κ2) is 9.42. The molecular weight excluding hydrogens is 356 g/mol. The standard InChI is InChI=1S/C22H30N2O4/c1-4-8-19-15-22(27-13-14-28-22)11-10-21(19,5-2)20(16-23,17-24)9-6-7-12-26-18(3)25/h19H,4-5,8-15H2,1-3H3/t19-,21?/m1/s1. The average molecular weight is 386 g/mol. The van der Waals surface area contributed by atoms with Gasteiger partial charge in [0.2, 0.25) is 0 Å². The molecule has 0 aromatic carbocycles. The number of nitriles is 2. The number of hydrogen-bond acceptors (Lipinski definition) is 6. The van der Waals surface area contributed by atoms with Gasteiger partial charge in [-0.25, -0.2) is 0 Å². The fourth-order valence-corrected chi connectivity index (χ4v) is 4.99. The maximum absolute atomic E-state index is 10.9. The van der Waals surface area contributed by atoms with Crippen LogP contribution in [0.4, 0.5) is 0 Å². The Morgan fingerprint density at radius 1 is 1.18 bits per heavy atom. The molecule has 1 saturated carbocycles. The first kappa shape index (κ1) is 22.2. The Kier molecular flexibility index (Phi) is 7.48. The van der Waals surface area contributed by atoms with E-state index in [1.165, 1.54) is 6.92 Å². The molecule has 6 nitrogen and oxygen atoms in total. The molecule has 0 bridgehead atoms. The fraction of sp³-hybridized carbons (Fsp3) is 0.773. The summed E-state index contributed by atoms with van der Waals surface area (Å²) in [6.07, 6.45) is 4.83. The number of rotatable bonds is 6. The molecule has 1 unspecified atom stereocenters. The second-order valence-corrected chi connectivity index (χ2v) is 7.75. The molecule has 0 aromatic rings. The summed E-state index contributed by atoms with van der Waals surface area (Å²) in [7, 11) is 0. The van der Waals surface area contributed by atoms with Crippen molar-refractivity contribution in [1.82, 2.24) is 0 Å². The van der Waals surface area contributed by atoms with Gasteiger partial charge in [0.25, 0.3) is 0 Å². The van der Waals surface area contributed by atoms with Crippen molar-refractivity contribution in [3.05, 3.63) is 0 Å². The number of nitrogens with zero attached hydrogens (tertiary/aromatic N) is 2. The van der Waals surface area contributed by atoms with Gasteiger partial charge in [0.1, 0.15) is 0 Å². The normalized spacial score (nSPS) is 26.0. The van der Waals surface area contributed by atoms with Gasteiger partial charge < -0.3 is 14.2 Å². The van der Waals surface area contributed by atoms with Gasteiger partial charge in [-0.1, -0.05) is 32.1 Å². The maximum Gasteiger partial charge on any atom is 0.303 e. The molecular formula is C22H30N2O4. The molecule has 0 N–H and O–H groups in total. The number of esters is 1. The number of hydrogen-bond donors (Lipinski definition) is 0. The first-order valence-electron chi connectivity index (χ1n) is 10.1. The van der Waals surface area contributed by atoms with Crippen LogP contribution < -0.4 is 0 Å². The number of ether oxygens (including phenoxy) is 3. The Labute approximate surface area is 168 Å². The third-order valence-electron chi connectivity index (χ3n) is 6.43. The van der Waals surface area contributed by atoms with E-state index in [-0.39, 0.29) is 18.9 Å². The van der Waals surface area contributed by atoms with Gasteiger partial charge in [0, 0.05) is 31.6 Å². The van der Waals surface area contributed by atoms with Crippen LogP contribution in [0.1, 0.15) is 65.7 Å². The Bertz CT molecular complexity index is 689. The highest BCUT2D eigenvalue weighted by atomic mass is 16.7. The van der Waals surface area contributed by atoms with Crippen molar-refractivity contribution in [3.63, 3.8) is 0 Å². The number of carbonyl (C=O) groups is 1. The summed E-state index contributed by atoms with van der Waals surface area (Å²) in [5.74, 6) is 4.88. The van der Waals surface area contributed by atoms with Crippen LogP contribution in [-0.4, -0.2) is 31.6 Å². The molecule has 2 aliphatic rings. The lowest BCUT2D eigenvalue weighted by Crippen LogP contribution is -2.53. The lowest BCUT2D eigenvalue weighted by molar-refractivity contribution is -0.217. The molecule has 1 aliphatic carbocycles. The lowest BCUT2D eigenvalue weighted by Gasteiger charge is -2.53. The largest absolute Gasteiger partial charge is 0.453 e. The van der Waals surface area contributed by atoms with E-state index in [4.69, 9.17) is 14.2 Å². The number of carbonyl (C=O) groups excluding carboxylic acids is 1. The van der Waals surface area contributed by atoms with Crippen molar-refractivity contribution in [2.24, 2.45) is 16.7 Å². The summed E-state index contributed by atoms with van der Waals surface area (Å²) in [6, 6.07) is 4.68. The molecule has 152 valence electrons. The van der Waals surface area contributed by atoms with E-state index in [9.17, 15) is 15.3 Å². The highest BCUT2D eigenvalue weighted by Gasteiger charge is 2.60. The van der Waals surface area contributed by atoms with E-state index in [0.29, 0.717) is 32.5 Å². The SMILES string of the molecule is CCC[C@@H]1CC2(CCC1(CC)C(C#N)(C#N)CC#CCOC(C)=O)OCCO2. The van der Waals surface area contributed by atoms with Crippen LogP contribution in [0.2, 0.25) is 0 Å². The van der Waals surface area contributed by atoms with Crippen molar-refractivity contribution in [1.29, 1.82) is 10.5 Å². The zero-order valence-corrected chi connectivity index (χ0v) is 17.2. The van der Waals surface area contributed by atoms with E-state index in [1.807, 2.05) is 0 Å². The molecule has 0 aromatic heterocycles.